The van der Waals surface area contributed by atoms with Crippen molar-refractivity contribution in [3.63, 3.8) is 0 Å². The third-order valence-corrected chi connectivity index (χ3v) is 4.28. The Morgan fingerprint density at radius 1 is 1.50 bits per heavy atom. The molecule has 0 unspecified atom stereocenters. The summed E-state index contributed by atoms with van der Waals surface area (Å²) in [4.78, 5) is 11.9. The van der Waals surface area contributed by atoms with E-state index in [4.69, 9.17) is 5.73 Å². The van der Waals surface area contributed by atoms with E-state index in [0.717, 1.165) is 19.3 Å². The van der Waals surface area contributed by atoms with Crippen molar-refractivity contribution in [1.82, 2.24) is 0 Å². The third-order valence-electron chi connectivity index (χ3n) is 3.59. The summed E-state index contributed by atoms with van der Waals surface area (Å²) in [5.74, 6) is -0.475. The van der Waals surface area contributed by atoms with E-state index in [9.17, 15) is 9.18 Å². The molecule has 0 heterocycles. The molecular formula is C13H16BrFN2O. The van der Waals surface area contributed by atoms with Gasteiger partial charge in [0.2, 0.25) is 5.91 Å². The van der Waals surface area contributed by atoms with E-state index in [0.29, 0.717) is 23.1 Å². The first-order chi connectivity index (χ1) is 8.54. The Balaban J connectivity index is 2.00. The molecule has 2 rings (SSSR count). The molecule has 18 heavy (non-hydrogen) atoms. The number of amides is 1. The summed E-state index contributed by atoms with van der Waals surface area (Å²) < 4.78 is 13.8. The van der Waals surface area contributed by atoms with Crippen molar-refractivity contribution in [3.8, 4) is 0 Å². The number of hydrogen-bond acceptors (Lipinski definition) is 2. The van der Waals surface area contributed by atoms with Gasteiger partial charge in [-0.3, -0.25) is 4.79 Å². The van der Waals surface area contributed by atoms with Crippen LogP contribution < -0.4 is 11.1 Å². The van der Waals surface area contributed by atoms with E-state index in [1.807, 2.05) is 0 Å². The van der Waals surface area contributed by atoms with Crippen LogP contribution in [0, 0.1) is 11.2 Å². The molecular weight excluding hydrogens is 299 g/mol. The zero-order chi connectivity index (χ0) is 13.2. The highest BCUT2D eigenvalue weighted by atomic mass is 79.9. The van der Waals surface area contributed by atoms with Crippen molar-refractivity contribution in [2.45, 2.75) is 25.7 Å². The van der Waals surface area contributed by atoms with Gasteiger partial charge in [-0.05, 0) is 58.9 Å². The van der Waals surface area contributed by atoms with E-state index in [-0.39, 0.29) is 17.1 Å². The highest BCUT2D eigenvalue weighted by Crippen LogP contribution is 2.43. The Morgan fingerprint density at radius 2 is 2.22 bits per heavy atom. The number of rotatable bonds is 4. The molecule has 1 aliphatic carbocycles. The average Bonchev–Trinajstić information content (AvgIpc) is 2.28. The number of nitrogens with one attached hydrogen (secondary N) is 1. The topological polar surface area (TPSA) is 55.1 Å². The van der Waals surface area contributed by atoms with Crippen molar-refractivity contribution in [2.75, 3.05) is 11.9 Å². The average molecular weight is 315 g/mol. The van der Waals surface area contributed by atoms with Crippen LogP contribution >= 0.6 is 15.9 Å². The quantitative estimate of drug-likeness (QED) is 0.897. The fourth-order valence-corrected chi connectivity index (χ4v) is 2.60. The van der Waals surface area contributed by atoms with Gasteiger partial charge in [0.1, 0.15) is 5.82 Å². The summed E-state index contributed by atoms with van der Waals surface area (Å²) in [5, 5.41) is 2.73. The molecule has 0 radical (unpaired) electrons. The van der Waals surface area contributed by atoms with E-state index < -0.39 is 0 Å². The molecule has 1 saturated carbocycles. The van der Waals surface area contributed by atoms with Gasteiger partial charge >= 0.3 is 0 Å². The minimum Gasteiger partial charge on any atom is -0.330 e. The molecule has 3 nitrogen and oxygen atoms in total. The number of carbonyl (C=O) groups is 1. The standard InChI is InChI=1S/C13H16BrFN2O/c14-10-3-2-9(15)6-11(10)17-12(18)7-13(8-16)4-1-5-13/h2-3,6H,1,4-5,7-8,16H2,(H,17,18). The fraction of sp³-hybridized carbons (Fsp3) is 0.462. The number of nitrogens with two attached hydrogens (primary N) is 1. The second-order valence-electron chi connectivity index (χ2n) is 4.91. The van der Waals surface area contributed by atoms with Crippen LogP contribution in [0.3, 0.4) is 0 Å². The second-order valence-corrected chi connectivity index (χ2v) is 5.76. The number of hydrogen-bond donors (Lipinski definition) is 2. The molecule has 0 aromatic heterocycles. The number of carbonyl (C=O) groups excluding carboxylic acids is 1. The Labute approximate surface area is 114 Å². The van der Waals surface area contributed by atoms with Gasteiger partial charge in [0.15, 0.2) is 0 Å². The number of halogens is 2. The van der Waals surface area contributed by atoms with Crippen LogP contribution in [0.25, 0.3) is 0 Å². The lowest BCUT2D eigenvalue weighted by Gasteiger charge is -2.40. The summed E-state index contributed by atoms with van der Waals surface area (Å²) in [6.45, 7) is 0.532. The van der Waals surface area contributed by atoms with E-state index in [1.54, 1.807) is 6.07 Å². The van der Waals surface area contributed by atoms with Gasteiger partial charge in [-0.15, -0.1) is 0 Å². The SMILES string of the molecule is NCC1(CC(=O)Nc2cc(F)ccc2Br)CCC1. The van der Waals surface area contributed by atoms with Crippen LogP contribution in [-0.2, 0) is 4.79 Å². The summed E-state index contributed by atoms with van der Waals surface area (Å²) in [5.41, 5.74) is 6.14. The van der Waals surface area contributed by atoms with Gasteiger partial charge in [-0.2, -0.15) is 0 Å². The summed E-state index contributed by atoms with van der Waals surface area (Å²) >= 11 is 3.28. The summed E-state index contributed by atoms with van der Waals surface area (Å²) in [6, 6.07) is 4.22. The Morgan fingerprint density at radius 3 is 2.78 bits per heavy atom. The van der Waals surface area contributed by atoms with Crippen LogP contribution in [0.5, 0.6) is 0 Å². The summed E-state index contributed by atoms with van der Waals surface area (Å²) in [7, 11) is 0. The zero-order valence-electron chi connectivity index (χ0n) is 10.0. The molecule has 0 atom stereocenters. The molecule has 1 aromatic rings. The smallest absolute Gasteiger partial charge is 0.225 e. The van der Waals surface area contributed by atoms with Crippen molar-refractivity contribution in [1.29, 1.82) is 0 Å². The van der Waals surface area contributed by atoms with Crippen LogP contribution in [0.1, 0.15) is 25.7 Å². The number of anilines is 1. The van der Waals surface area contributed by atoms with Crippen LogP contribution in [0.15, 0.2) is 22.7 Å². The highest BCUT2D eigenvalue weighted by molar-refractivity contribution is 9.10. The third kappa shape index (κ3) is 2.90. The molecule has 98 valence electrons. The van der Waals surface area contributed by atoms with Gasteiger partial charge in [0.05, 0.1) is 5.69 Å². The maximum atomic E-state index is 13.1. The second kappa shape index (κ2) is 5.36. The first-order valence-corrected chi connectivity index (χ1v) is 6.79. The van der Waals surface area contributed by atoms with Gasteiger partial charge in [-0.25, -0.2) is 4.39 Å². The molecule has 3 N–H and O–H groups in total. The van der Waals surface area contributed by atoms with Gasteiger partial charge in [-0.1, -0.05) is 6.42 Å². The molecule has 0 bridgehead atoms. The van der Waals surface area contributed by atoms with Gasteiger partial charge in [0, 0.05) is 10.9 Å². The molecule has 0 spiro atoms. The lowest BCUT2D eigenvalue weighted by atomic mass is 9.66. The normalized spacial score (nSPS) is 17.1. The van der Waals surface area contributed by atoms with E-state index in [1.165, 1.54) is 12.1 Å². The minimum atomic E-state index is -0.370. The molecule has 1 aliphatic rings. The number of benzene rings is 1. The Bertz CT molecular complexity index is 455. The molecule has 1 aromatic carbocycles. The summed E-state index contributed by atoms with van der Waals surface area (Å²) in [6.07, 6.45) is 3.54. The molecule has 1 amide bonds. The molecule has 1 fully saturated rings. The van der Waals surface area contributed by atoms with Crippen LogP contribution in [0.2, 0.25) is 0 Å². The van der Waals surface area contributed by atoms with Gasteiger partial charge < -0.3 is 11.1 Å². The monoisotopic (exact) mass is 314 g/mol. The van der Waals surface area contributed by atoms with Crippen molar-refractivity contribution >= 4 is 27.5 Å². The first-order valence-electron chi connectivity index (χ1n) is 6.00. The predicted molar refractivity (Wildman–Crippen MR) is 72.7 cm³/mol. The molecule has 0 saturated heterocycles. The lowest BCUT2D eigenvalue weighted by Crippen LogP contribution is -2.40. The molecule has 5 heteroatoms. The van der Waals surface area contributed by atoms with Crippen LogP contribution in [0.4, 0.5) is 10.1 Å². The molecule has 0 aliphatic heterocycles. The maximum Gasteiger partial charge on any atom is 0.225 e. The largest absolute Gasteiger partial charge is 0.330 e. The predicted octanol–water partition coefficient (Wildman–Crippen LogP) is 3.05. The Kier molecular flexibility index (Phi) is 4.02. The zero-order valence-corrected chi connectivity index (χ0v) is 11.6. The van der Waals surface area contributed by atoms with Crippen molar-refractivity contribution in [2.24, 2.45) is 11.1 Å². The van der Waals surface area contributed by atoms with Crippen molar-refractivity contribution < 1.29 is 9.18 Å². The minimum absolute atomic E-state index is 0.0378. The van der Waals surface area contributed by atoms with Crippen LogP contribution in [-0.4, -0.2) is 12.5 Å². The fourth-order valence-electron chi connectivity index (χ4n) is 2.26. The maximum absolute atomic E-state index is 13.1. The lowest BCUT2D eigenvalue weighted by molar-refractivity contribution is -0.119. The van der Waals surface area contributed by atoms with E-state index >= 15 is 0 Å². The highest BCUT2D eigenvalue weighted by Gasteiger charge is 2.37. The first kappa shape index (κ1) is 13.5. The van der Waals surface area contributed by atoms with Gasteiger partial charge in [0.25, 0.3) is 0 Å². The van der Waals surface area contributed by atoms with Crippen molar-refractivity contribution in [3.05, 3.63) is 28.5 Å². The van der Waals surface area contributed by atoms with E-state index in [2.05, 4.69) is 21.2 Å². The Hall–Kier alpha value is -0.940.